The standard InChI is InChI=1S/C23H17N3O4S2/c1-13-16(22(27)28-2)10-14(29-13)12-32-23-26-25-21(30-23)17-11-19(20-8-5-9-31-20)24-18-7-4-3-6-15(17)18/h3-11H,12H2,1-2H3. The molecule has 0 saturated heterocycles. The molecule has 0 saturated carbocycles. The smallest absolute Gasteiger partial charge is 0.341 e. The lowest BCUT2D eigenvalue weighted by atomic mass is 10.1. The number of ether oxygens (including phenoxy) is 1. The van der Waals surface area contributed by atoms with E-state index in [2.05, 4.69) is 10.2 Å². The van der Waals surface area contributed by atoms with Gasteiger partial charge in [-0.25, -0.2) is 9.78 Å². The largest absolute Gasteiger partial charge is 0.465 e. The lowest BCUT2D eigenvalue weighted by Crippen LogP contribution is -2.00. The van der Waals surface area contributed by atoms with Gasteiger partial charge in [-0.15, -0.1) is 21.5 Å². The Morgan fingerprint density at radius 3 is 2.81 bits per heavy atom. The van der Waals surface area contributed by atoms with E-state index in [1.165, 1.54) is 18.9 Å². The van der Waals surface area contributed by atoms with Crippen LogP contribution < -0.4 is 0 Å². The number of furan rings is 1. The molecule has 0 bridgehead atoms. The Hall–Kier alpha value is -3.43. The number of nitrogens with zero attached hydrogens (tertiary/aromatic N) is 3. The molecule has 32 heavy (non-hydrogen) atoms. The van der Waals surface area contributed by atoms with Gasteiger partial charge >= 0.3 is 5.97 Å². The van der Waals surface area contributed by atoms with E-state index >= 15 is 0 Å². The van der Waals surface area contributed by atoms with Crippen LogP contribution in [-0.4, -0.2) is 28.3 Å². The third kappa shape index (κ3) is 3.92. The number of aryl methyl sites for hydroxylation is 1. The fraction of sp³-hybridized carbons (Fsp3) is 0.130. The predicted octanol–water partition coefficient (Wildman–Crippen LogP) is 5.99. The molecule has 5 aromatic rings. The molecule has 5 rings (SSSR count). The average molecular weight is 464 g/mol. The second-order valence-corrected chi connectivity index (χ2v) is 8.76. The number of para-hydroxylation sites is 1. The number of carbonyl (C=O) groups excluding carboxylic acids is 1. The molecule has 0 spiro atoms. The topological polar surface area (TPSA) is 91.2 Å². The van der Waals surface area contributed by atoms with Gasteiger partial charge in [-0.1, -0.05) is 36.0 Å². The Balaban J connectivity index is 1.43. The molecule has 0 aliphatic heterocycles. The lowest BCUT2D eigenvalue weighted by molar-refractivity contribution is 0.0599. The van der Waals surface area contributed by atoms with Gasteiger partial charge in [0.25, 0.3) is 5.22 Å². The lowest BCUT2D eigenvalue weighted by Gasteiger charge is -2.06. The number of hydrogen-bond acceptors (Lipinski definition) is 9. The summed E-state index contributed by atoms with van der Waals surface area (Å²) in [5.74, 6) is 1.59. The normalized spacial score (nSPS) is 11.2. The first-order valence-electron chi connectivity index (χ1n) is 9.70. The number of thioether (sulfide) groups is 1. The van der Waals surface area contributed by atoms with Gasteiger partial charge in [0, 0.05) is 5.39 Å². The Bertz CT molecular complexity index is 1410. The summed E-state index contributed by atoms with van der Waals surface area (Å²) >= 11 is 2.97. The number of fused-ring (bicyclic) bond motifs is 1. The van der Waals surface area contributed by atoms with Crippen LogP contribution in [0.3, 0.4) is 0 Å². The molecule has 0 atom stereocenters. The molecule has 0 amide bonds. The zero-order valence-electron chi connectivity index (χ0n) is 17.2. The summed E-state index contributed by atoms with van der Waals surface area (Å²) < 4.78 is 16.4. The van der Waals surface area contributed by atoms with Crippen LogP contribution >= 0.6 is 23.1 Å². The highest BCUT2D eigenvalue weighted by atomic mass is 32.2. The van der Waals surface area contributed by atoms with Crippen molar-refractivity contribution in [3.63, 3.8) is 0 Å². The predicted molar refractivity (Wildman–Crippen MR) is 123 cm³/mol. The van der Waals surface area contributed by atoms with E-state index in [1.54, 1.807) is 24.3 Å². The van der Waals surface area contributed by atoms with Crippen LogP contribution in [0.4, 0.5) is 0 Å². The van der Waals surface area contributed by atoms with Gasteiger partial charge < -0.3 is 13.6 Å². The third-order valence-electron chi connectivity index (χ3n) is 4.84. The summed E-state index contributed by atoms with van der Waals surface area (Å²) in [7, 11) is 1.34. The molecular formula is C23H17N3O4S2. The van der Waals surface area contributed by atoms with Crippen LogP contribution in [0.1, 0.15) is 21.9 Å². The molecule has 0 aliphatic carbocycles. The van der Waals surface area contributed by atoms with Crippen LogP contribution in [0, 0.1) is 6.92 Å². The molecule has 4 aromatic heterocycles. The van der Waals surface area contributed by atoms with Gasteiger partial charge in [-0.05, 0) is 36.6 Å². The number of carbonyl (C=O) groups is 1. The van der Waals surface area contributed by atoms with Crippen LogP contribution in [0.5, 0.6) is 0 Å². The van der Waals surface area contributed by atoms with E-state index in [9.17, 15) is 4.79 Å². The molecule has 0 aliphatic rings. The first-order chi connectivity index (χ1) is 15.6. The zero-order valence-corrected chi connectivity index (χ0v) is 18.8. The fourth-order valence-corrected chi connectivity index (χ4v) is 4.67. The Morgan fingerprint density at radius 1 is 1.12 bits per heavy atom. The summed E-state index contributed by atoms with van der Waals surface area (Å²) in [6.45, 7) is 1.73. The van der Waals surface area contributed by atoms with Gasteiger partial charge in [-0.3, -0.25) is 0 Å². The van der Waals surface area contributed by atoms with Crippen molar-refractivity contribution in [3.8, 4) is 22.0 Å². The average Bonchev–Trinajstić information content (AvgIpc) is 3.57. The highest BCUT2D eigenvalue weighted by Crippen LogP contribution is 2.34. The Labute approximate surface area is 191 Å². The van der Waals surface area contributed by atoms with Crippen LogP contribution in [0.15, 0.2) is 68.0 Å². The number of thiophene rings is 1. The van der Waals surface area contributed by atoms with Gasteiger partial charge in [0.2, 0.25) is 5.89 Å². The molecule has 9 heteroatoms. The van der Waals surface area contributed by atoms with Crippen LogP contribution in [0.25, 0.3) is 32.9 Å². The van der Waals surface area contributed by atoms with E-state index in [1.807, 2.05) is 47.8 Å². The fourth-order valence-electron chi connectivity index (χ4n) is 3.34. The van der Waals surface area contributed by atoms with Crippen molar-refractivity contribution >= 4 is 40.0 Å². The molecule has 0 radical (unpaired) electrons. The van der Waals surface area contributed by atoms with E-state index in [-0.39, 0.29) is 0 Å². The summed E-state index contributed by atoms with van der Waals surface area (Å²) in [4.78, 5) is 17.6. The minimum absolute atomic E-state index is 0.409. The highest BCUT2D eigenvalue weighted by molar-refractivity contribution is 7.98. The molecule has 4 heterocycles. The summed E-state index contributed by atoms with van der Waals surface area (Å²) in [5, 5.41) is 11.8. The van der Waals surface area contributed by atoms with Crippen LogP contribution in [-0.2, 0) is 10.5 Å². The van der Waals surface area contributed by atoms with E-state index in [0.717, 1.165) is 27.0 Å². The van der Waals surface area contributed by atoms with Gasteiger partial charge in [0.05, 0.1) is 34.5 Å². The zero-order chi connectivity index (χ0) is 22.1. The number of hydrogen-bond donors (Lipinski definition) is 0. The Kier molecular flexibility index (Phi) is 5.50. The SMILES string of the molecule is COC(=O)c1cc(CSc2nnc(-c3cc(-c4cccs4)nc4ccccc34)o2)oc1C. The summed E-state index contributed by atoms with van der Waals surface area (Å²) in [6, 6.07) is 15.6. The third-order valence-corrected chi connectivity index (χ3v) is 6.57. The molecule has 7 nitrogen and oxygen atoms in total. The second kappa shape index (κ2) is 8.60. The van der Waals surface area contributed by atoms with E-state index < -0.39 is 5.97 Å². The number of methoxy groups -OCH3 is 1. The summed E-state index contributed by atoms with van der Waals surface area (Å²) in [6.07, 6.45) is 0. The minimum atomic E-state index is -0.423. The number of aromatic nitrogens is 3. The number of rotatable bonds is 6. The maximum Gasteiger partial charge on any atom is 0.341 e. The molecule has 0 N–H and O–H groups in total. The minimum Gasteiger partial charge on any atom is -0.465 e. The van der Waals surface area contributed by atoms with Crippen molar-refractivity contribution in [2.75, 3.05) is 7.11 Å². The molecule has 1 aromatic carbocycles. The maximum atomic E-state index is 11.8. The van der Waals surface area contributed by atoms with Gasteiger partial charge in [0.1, 0.15) is 17.1 Å². The highest BCUT2D eigenvalue weighted by Gasteiger charge is 2.18. The number of pyridine rings is 1. The van der Waals surface area contributed by atoms with Crippen molar-refractivity contribution in [1.82, 2.24) is 15.2 Å². The number of esters is 1. The van der Waals surface area contributed by atoms with Crippen LogP contribution in [0.2, 0.25) is 0 Å². The summed E-state index contributed by atoms with van der Waals surface area (Å²) in [5.41, 5.74) is 2.98. The van der Waals surface area contributed by atoms with Crippen molar-refractivity contribution in [1.29, 1.82) is 0 Å². The van der Waals surface area contributed by atoms with Crippen molar-refractivity contribution in [2.45, 2.75) is 17.9 Å². The Morgan fingerprint density at radius 2 is 2.00 bits per heavy atom. The quantitative estimate of drug-likeness (QED) is 0.224. The van der Waals surface area contributed by atoms with Crippen molar-refractivity contribution in [2.24, 2.45) is 0 Å². The first-order valence-corrected chi connectivity index (χ1v) is 11.6. The molecule has 160 valence electrons. The molecule has 0 fully saturated rings. The maximum absolute atomic E-state index is 11.8. The molecule has 0 unspecified atom stereocenters. The second-order valence-electron chi connectivity index (χ2n) is 6.89. The van der Waals surface area contributed by atoms with Gasteiger partial charge in [0.15, 0.2) is 0 Å². The number of benzene rings is 1. The van der Waals surface area contributed by atoms with Crippen molar-refractivity contribution < 1.29 is 18.4 Å². The van der Waals surface area contributed by atoms with E-state index in [0.29, 0.717) is 34.0 Å². The van der Waals surface area contributed by atoms with Crippen molar-refractivity contribution in [3.05, 3.63) is 71.0 Å². The monoisotopic (exact) mass is 463 g/mol. The van der Waals surface area contributed by atoms with E-state index in [4.69, 9.17) is 18.6 Å². The first kappa shape index (κ1) is 20.5. The molecular weight excluding hydrogens is 446 g/mol. The van der Waals surface area contributed by atoms with Gasteiger partial charge in [-0.2, -0.15) is 0 Å².